The van der Waals surface area contributed by atoms with Crippen molar-refractivity contribution in [1.29, 1.82) is 0 Å². The summed E-state index contributed by atoms with van der Waals surface area (Å²) in [5, 5.41) is 16.2. The summed E-state index contributed by atoms with van der Waals surface area (Å²) < 4.78 is 6.55. The van der Waals surface area contributed by atoms with E-state index in [1.165, 1.54) is 17.9 Å². The standard InChI is InChI=1S/C17H20N4O4/c1-17(15(22)23,10-21-11-18-14(20-21)13-7-8-13)19-16(24)25-9-12-5-3-2-4-6-12/h2-6,11,13H,7-10H2,1H3,(H,19,24)(H,22,23). The van der Waals surface area contributed by atoms with Gasteiger partial charge in [0.25, 0.3) is 0 Å². The highest BCUT2D eigenvalue weighted by Gasteiger charge is 2.37. The second-order valence-corrected chi connectivity index (χ2v) is 6.40. The monoisotopic (exact) mass is 344 g/mol. The maximum Gasteiger partial charge on any atom is 0.408 e. The minimum Gasteiger partial charge on any atom is -0.479 e. The molecule has 0 aliphatic heterocycles. The minimum atomic E-state index is -1.55. The van der Waals surface area contributed by atoms with Crippen molar-refractivity contribution in [2.24, 2.45) is 0 Å². The third-order valence-electron chi connectivity index (χ3n) is 4.04. The molecule has 2 N–H and O–H groups in total. The zero-order chi connectivity index (χ0) is 17.9. The van der Waals surface area contributed by atoms with Gasteiger partial charge < -0.3 is 15.2 Å². The number of rotatable bonds is 7. The van der Waals surface area contributed by atoms with Gasteiger partial charge in [0, 0.05) is 5.92 Å². The molecule has 1 fully saturated rings. The molecule has 8 nitrogen and oxygen atoms in total. The number of carbonyl (C=O) groups is 2. The Bertz CT molecular complexity index is 757. The van der Waals surface area contributed by atoms with Crippen molar-refractivity contribution in [3.05, 3.63) is 48.0 Å². The lowest BCUT2D eigenvalue weighted by molar-refractivity contribution is -0.144. The molecule has 2 aromatic rings. The molecule has 1 aromatic heterocycles. The Hall–Kier alpha value is -2.90. The minimum absolute atomic E-state index is 0.0392. The molecule has 1 aliphatic carbocycles. The van der Waals surface area contributed by atoms with Gasteiger partial charge in [0.1, 0.15) is 12.9 Å². The van der Waals surface area contributed by atoms with Crippen LogP contribution in [0, 0.1) is 0 Å². The molecule has 1 aliphatic rings. The van der Waals surface area contributed by atoms with Crippen LogP contribution in [0.15, 0.2) is 36.7 Å². The van der Waals surface area contributed by atoms with Gasteiger partial charge in [0.2, 0.25) is 0 Å². The van der Waals surface area contributed by atoms with Gasteiger partial charge in [0.05, 0.1) is 6.54 Å². The van der Waals surface area contributed by atoms with Crippen LogP contribution in [0.1, 0.15) is 37.1 Å². The zero-order valence-electron chi connectivity index (χ0n) is 13.9. The molecule has 1 amide bonds. The van der Waals surface area contributed by atoms with Gasteiger partial charge in [-0.3, -0.25) is 0 Å². The molecule has 25 heavy (non-hydrogen) atoms. The van der Waals surface area contributed by atoms with Crippen molar-refractivity contribution in [3.8, 4) is 0 Å². The summed E-state index contributed by atoms with van der Waals surface area (Å²) >= 11 is 0. The molecule has 1 saturated carbocycles. The first-order chi connectivity index (χ1) is 12.0. The van der Waals surface area contributed by atoms with Gasteiger partial charge in [-0.1, -0.05) is 30.3 Å². The average molecular weight is 344 g/mol. The number of hydrogen-bond acceptors (Lipinski definition) is 5. The van der Waals surface area contributed by atoms with Gasteiger partial charge >= 0.3 is 12.1 Å². The Morgan fingerprint density at radius 2 is 2.08 bits per heavy atom. The van der Waals surface area contributed by atoms with E-state index in [1.807, 2.05) is 30.3 Å². The zero-order valence-corrected chi connectivity index (χ0v) is 13.9. The van der Waals surface area contributed by atoms with Crippen molar-refractivity contribution < 1.29 is 19.4 Å². The van der Waals surface area contributed by atoms with E-state index in [-0.39, 0.29) is 13.2 Å². The van der Waals surface area contributed by atoms with Crippen LogP contribution in [0.2, 0.25) is 0 Å². The van der Waals surface area contributed by atoms with Crippen molar-refractivity contribution in [2.45, 2.75) is 44.4 Å². The molecule has 8 heteroatoms. The van der Waals surface area contributed by atoms with E-state index in [4.69, 9.17) is 4.74 Å². The largest absolute Gasteiger partial charge is 0.479 e. The fourth-order valence-electron chi connectivity index (χ4n) is 2.38. The Morgan fingerprint density at radius 3 is 2.72 bits per heavy atom. The summed E-state index contributed by atoms with van der Waals surface area (Å²) in [6, 6.07) is 9.16. The fourth-order valence-corrected chi connectivity index (χ4v) is 2.38. The van der Waals surface area contributed by atoms with E-state index < -0.39 is 17.6 Å². The summed E-state index contributed by atoms with van der Waals surface area (Å²) in [7, 11) is 0. The van der Waals surface area contributed by atoms with Crippen LogP contribution in [-0.4, -0.2) is 37.5 Å². The number of aromatic nitrogens is 3. The van der Waals surface area contributed by atoms with Crippen molar-refractivity contribution in [2.75, 3.05) is 0 Å². The average Bonchev–Trinajstić information content (AvgIpc) is 3.34. The molecule has 1 heterocycles. The Labute approximate surface area is 144 Å². The van der Waals surface area contributed by atoms with Crippen LogP contribution in [0.3, 0.4) is 0 Å². The number of carboxylic acid groups (broad SMARTS) is 1. The van der Waals surface area contributed by atoms with Crippen LogP contribution in [0.25, 0.3) is 0 Å². The lowest BCUT2D eigenvalue weighted by Gasteiger charge is -2.25. The molecule has 1 atom stereocenters. The molecule has 1 aromatic carbocycles. The third-order valence-corrected chi connectivity index (χ3v) is 4.04. The maximum absolute atomic E-state index is 12.0. The predicted octanol–water partition coefficient (Wildman–Crippen LogP) is 1.93. The molecule has 0 saturated heterocycles. The molecule has 0 bridgehead atoms. The Morgan fingerprint density at radius 1 is 1.36 bits per heavy atom. The highest BCUT2D eigenvalue weighted by atomic mass is 16.5. The molecular formula is C17H20N4O4. The normalized spacial score (nSPS) is 16.0. The molecular weight excluding hydrogens is 324 g/mol. The number of benzene rings is 1. The summed E-state index contributed by atoms with van der Waals surface area (Å²) in [6.45, 7) is 1.44. The molecule has 3 rings (SSSR count). The molecule has 0 spiro atoms. The maximum atomic E-state index is 12.0. The van der Waals surface area contributed by atoms with E-state index in [0.717, 1.165) is 24.2 Å². The van der Waals surface area contributed by atoms with E-state index in [1.54, 1.807) is 0 Å². The highest BCUT2D eigenvalue weighted by Crippen LogP contribution is 2.37. The van der Waals surface area contributed by atoms with E-state index in [9.17, 15) is 14.7 Å². The topological polar surface area (TPSA) is 106 Å². The van der Waals surface area contributed by atoms with Crippen LogP contribution < -0.4 is 5.32 Å². The van der Waals surface area contributed by atoms with E-state index in [0.29, 0.717) is 5.92 Å². The Balaban J connectivity index is 1.60. The lowest BCUT2D eigenvalue weighted by atomic mass is 10.0. The van der Waals surface area contributed by atoms with Crippen molar-refractivity contribution in [1.82, 2.24) is 20.1 Å². The number of carboxylic acids is 1. The Kier molecular flexibility index (Phi) is 4.69. The van der Waals surface area contributed by atoms with Crippen molar-refractivity contribution >= 4 is 12.1 Å². The second kappa shape index (κ2) is 6.92. The summed E-state index contributed by atoms with van der Waals surface area (Å²) in [6.07, 6.45) is 2.82. The lowest BCUT2D eigenvalue weighted by Crippen LogP contribution is -2.55. The van der Waals surface area contributed by atoms with Crippen LogP contribution in [0.5, 0.6) is 0 Å². The van der Waals surface area contributed by atoms with Gasteiger partial charge in [-0.25, -0.2) is 19.3 Å². The van der Waals surface area contributed by atoms with Crippen LogP contribution in [0.4, 0.5) is 4.79 Å². The number of nitrogens with zero attached hydrogens (tertiary/aromatic N) is 3. The summed E-state index contributed by atoms with van der Waals surface area (Å²) in [4.78, 5) is 27.9. The molecule has 0 radical (unpaired) electrons. The second-order valence-electron chi connectivity index (χ2n) is 6.40. The van der Waals surface area contributed by atoms with E-state index >= 15 is 0 Å². The first-order valence-electron chi connectivity index (χ1n) is 8.08. The molecule has 132 valence electrons. The summed E-state index contributed by atoms with van der Waals surface area (Å²) in [5.41, 5.74) is -0.734. The van der Waals surface area contributed by atoms with Crippen LogP contribution >= 0.6 is 0 Å². The van der Waals surface area contributed by atoms with Crippen molar-refractivity contribution in [3.63, 3.8) is 0 Å². The number of amides is 1. The van der Waals surface area contributed by atoms with Crippen LogP contribution in [-0.2, 0) is 22.7 Å². The van der Waals surface area contributed by atoms with E-state index in [2.05, 4.69) is 15.4 Å². The number of ether oxygens (including phenoxy) is 1. The van der Waals surface area contributed by atoms with Gasteiger partial charge in [0.15, 0.2) is 11.4 Å². The predicted molar refractivity (Wildman–Crippen MR) is 87.8 cm³/mol. The van der Waals surface area contributed by atoms with Gasteiger partial charge in [-0.05, 0) is 25.3 Å². The third kappa shape index (κ3) is 4.34. The van der Waals surface area contributed by atoms with Gasteiger partial charge in [-0.15, -0.1) is 0 Å². The first-order valence-corrected chi connectivity index (χ1v) is 8.08. The number of carbonyl (C=O) groups excluding carboxylic acids is 1. The number of nitrogens with one attached hydrogen (secondary N) is 1. The first kappa shape index (κ1) is 16.9. The fraction of sp³-hybridized carbons (Fsp3) is 0.412. The number of aliphatic carboxylic acids is 1. The number of hydrogen-bond donors (Lipinski definition) is 2. The molecule has 1 unspecified atom stereocenters. The SMILES string of the molecule is CC(Cn1cnc(C2CC2)n1)(NC(=O)OCc1ccccc1)C(=O)O. The number of alkyl carbamates (subject to hydrolysis) is 1. The summed E-state index contributed by atoms with van der Waals surface area (Å²) in [5.74, 6) is -0.0758. The highest BCUT2D eigenvalue weighted by molar-refractivity contribution is 5.83. The smallest absolute Gasteiger partial charge is 0.408 e. The van der Waals surface area contributed by atoms with Gasteiger partial charge in [-0.2, -0.15) is 5.10 Å². The quantitative estimate of drug-likeness (QED) is 0.795.